The van der Waals surface area contributed by atoms with Crippen molar-refractivity contribution in [3.05, 3.63) is 35.4 Å². The van der Waals surface area contributed by atoms with E-state index in [9.17, 15) is 22.8 Å². The number of rotatable bonds is 5. The van der Waals surface area contributed by atoms with Crippen LogP contribution >= 0.6 is 0 Å². The van der Waals surface area contributed by atoms with Crippen molar-refractivity contribution in [1.82, 2.24) is 5.32 Å². The molecule has 0 spiro atoms. The van der Waals surface area contributed by atoms with E-state index in [0.717, 1.165) is 12.1 Å². The Morgan fingerprint density at radius 1 is 1.33 bits per heavy atom. The number of carbonyl (C=O) groups is 2. The number of nitrogens with one attached hydrogen (secondary N) is 1. The average molecular weight is 343 g/mol. The molecule has 0 radical (unpaired) electrons. The maximum atomic E-state index is 12.7. The van der Waals surface area contributed by atoms with Gasteiger partial charge in [-0.1, -0.05) is 25.1 Å². The van der Waals surface area contributed by atoms with Gasteiger partial charge in [0.25, 0.3) is 0 Å². The van der Waals surface area contributed by atoms with Gasteiger partial charge >= 0.3 is 12.1 Å². The van der Waals surface area contributed by atoms with E-state index in [1.54, 1.807) is 13.0 Å². The number of benzene rings is 1. The number of amides is 1. The van der Waals surface area contributed by atoms with Gasteiger partial charge < -0.3 is 10.4 Å². The third-order valence-electron chi connectivity index (χ3n) is 4.37. The minimum atomic E-state index is -4.41. The Morgan fingerprint density at radius 2 is 2.04 bits per heavy atom. The Hall–Kier alpha value is -2.05. The van der Waals surface area contributed by atoms with Crippen molar-refractivity contribution >= 4 is 11.9 Å². The fourth-order valence-electron chi connectivity index (χ4n) is 3.00. The van der Waals surface area contributed by atoms with E-state index in [2.05, 4.69) is 5.32 Å². The summed E-state index contributed by atoms with van der Waals surface area (Å²) in [6.45, 7) is 1.65. The molecule has 1 aromatic carbocycles. The molecule has 2 rings (SSSR count). The molecule has 2 N–H and O–H groups in total. The zero-order valence-corrected chi connectivity index (χ0v) is 13.3. The van der Waals surface area contributed by atoms with Gasteiger partial charge in [-0.15, -0.1) is 0 Å². The van der Waals surface area contributed by atoms with Gasteiger partial charge in [0.2, 0.25) is 5.91 Å². The highest BCUT2D eigenvalue weighted by atomic mass is 19.4. The SMILES string of the molecule is CC(Cc1cccc(C(F)(F)F)c1)C(=O)N[C@@H]1CC[C@H](C(=O)O)C1. The summed E-state index contributed by atoms with van der Waals surface area (Å²) in [6, 6.07) is 4.77. The van der Waals surface area contributed by atoms with E-state index in [4.69, 9.17) is 5.11 Å². The molecule has 24 heavy (non-hydrogen) atoms. The smallest absolute Gasteiger partial charge is 0.416 e. The van der Waals surface area contributed by atoms with Crippen LogP contribution in [0.4, 0.5) is 13.2 Å². The van der Waals surface area contributed by atoms with Gasteiger partial charge in [-0.05, 0) is 37.3 Å². The molecule has 1 unspecified atom stereocenters. The molecule has 1 aromatic rings. The standard InChI is InChI=1S/C17H20F3NO3/c1-10(7-11-3-2-4-13(8-11)17(18,19)20)15(22)21-14-6-5-12(9-14)16(23)24/h2-4,8,10,12,14H,5-7,9H2,1H3,(H,21,22)(H,23,24)/t10?,12-,14+/m0/s1. The van der Waals surface area contributed by atoms with E-state index in [1.807, 2.05) is 0 Å². The van der Waals surface area contributed by atoms with Crippen molar-refractivity contribution in [1.29, 1.82) is 0 Å². The maximum absolute atomic E-state index is 12.7. The molecule has 4 nitrogen and oxygen atoms in total. The van der Waals surface area contributed by atoms with Crippen molar-refractivity contribution in [2.24, 2.45) is 11.8 Å². The van der Waals surface area contributed by atoms with Crippen LogP contribution in [-0.4, -0.2) is 23.0 Å². The lowest BCUT2D eigenvalue weighted by atomic mass is 9.98. The Kier molecular flexibility index (Phi) is 5.51. The lowest BCUT2D eigenvalue weighted by molar-refractivity contribution is -0.141. The predicted molar refractivity (Wildman–Crippen MR) is 81.2 cm³/mol. The molecule has 0 saturated heterocycles. The minimum absolute atomic E-state index is 0.178. The second-order valence-electron chi connectivity index (χ2n) is 6.36. The molecule has 1 fully saturated rings. The van der Waals surface area contributed by atoms with E-state index >= 15 is 0 Å². The van der Waals surface area contributed by atoms with Crippen molar-refractivity contribution in [2.45, 2.75) is 44.8 Å². The number of aliphatic carboxylic acids is 1. The molecule has 0 heterocycles. The monoisotopic (exact) mass is 343 g/mol. The summed E-state index contributed by atoms with van der Waals surface area (Å²) in [4.78, 5) is 23.1. The van der Waals surface area contributed by atoms with Crippen LogP contribution in [0, 0.1) is 11.8 Å². The second kappa shape index (κ2) is 7.23. The van der Waals surface area contributed by atoms with E-state index < -0.39 is 29.5 Å². The number of carbonyl (C=O) groups excluding carboxylic acids is 1. The molecule has 132 valence electrons. The Balaban J connectivity index is 1.91. The molecule has 1 amide bonds. The number of halogens is 3. The van der Waals surface area contributed by atoms with Crippen LogP contribution in [0.5, 0.6) is 0 Å². The fraction of sp³-hybridized carbons (Fsp3) is 0.529. The van der Waals surface area contributed by atoms with Crippen LogP contribution in [0.1, 0.15) is 37.3 Å². The first-order chi connectivity index (χ1) is 11.2. The normalized spacial score (nSPS) is 22.2. The van der Waals surface area contributed by atoms with Crippen molar-refractivity contribution < 1.29 is 27.9 Å². The van der Waals surface area contributed by atoms with Gasteiger partial charge in [0, 0.05) is 12.0 Å². The summed E-state index contributed by atoms with van der Waals surface area (Å²) in [6.07, 6.45) is -2.67. The molecular formula is C17H20F3NO3. The Labute approximate surface area is 138 Å². The number of hydrogen-bond donors (Lipinski definition) is 2. The zero-order chi connectivity index (χ0) is 17.9. The lowest BCUT2D eigenvalue weighted by Crippen LogP contribution is -2.37. The van der Waals surface area contributed by atoms with E-state index in [1.165, 1.54) is 6.07 Å². The largest absolute Gasteiger partial charge is 0.481 e. The van der Waals surface area contributed by atoms with Crippen LogP contribution in [0.25, 0.3) is 0 Å². The zero-order valence-electron chi connectivity index (χ0n) is 13.3. The quantitative estimate of drug-likeness (QED) is 0.862. The fourth-order valence-corrected chi connectivity index (χ4v) is 3.00. The van der Waals surface area contributed by atoms with Crippen LogP contribution in [0.15, 0.2) is 24.3 Å². The molecule has 3 atom stereocenters. The van der Waals surface area contributed by atoms with E-state index in [0.29, 0.717) is 24.8 Å². The second-order valence-corrected chi connectivity index (χ2v) is 6.36. The third-order valence-corrected chi connectivity index (χ3v) is 4.37. The van der Waals surface area contributed by atoms with E-state index in [-0.39, 0.29) is 18.4 Å². The summed E-state index contributed by atoms with van der Waals surface area (Å²) >= 11 is 0. The number of carboxylic acid groups (broad SMARTS) is 1. The van der Waals surface area contributed by atoms with Gasteiger partial charge in [0.05, 0.1) is 11.5 Å². The summed E-state index contributed by atoms with van der Waals surface area (Å²) in [5.74, 6) is -2.04. The van der Waals surface area contributed by atoms with Gasteiger partial charge in [-0.25, -0.2) is 0 Å². The van der Waals surface area contributed by atoms with Crippen LogP contribution in [-0.2, 0) is 22.2 Å². The maximum Gasteiger partial charge on any atom is 0.416 e. The first kappa shape index (κ1) is 18.3. The molecule has 1 aliphatic rings. The summed E-state index contributed by atoms with van der Waals surface area (Å²) in [5.41, 5.74) is -0.282. The predicted octanol–water partition coefficient (Wildman–Crippen LogP) is 3.25. The Bertz CT molecular complexity index is 615. The number of carboxylic acids is 1. The van der Waals surface area contributed by atoms with Crippen LogP contribution in [0.2, 0.25) is 0 Å². The highest BCUT2D eigenvalue weighted by Crippen LogP contribution is 2.30. The summed E-state index contributed by atoms with van der Waals surface area (Å²) < 4.78 is 38.1. The first-order valence-corrected chi connectivity index (χ1v) is 7.86. The number of hydrogen-bond acceptors (Lipinski definition) is 2. The number of alkyl halides is 3. The topological polar surface area (TPSA) is 66.4 Å². The highest BCUT2D eigenvalue weighted by Gasteiger charge is 2.32. The summed E-state index contributed by atoms with van der Waals surface area (Å²) in [5, 5.41) is 11.8. The van der Waals surface area contributed by atoms with Gasteiger partial charge in [0.1, 0.15) is 0 Å². The highest BCUT2D eigenvalue weighted by molar-refractivity contribution is 5.79. The molecule has 0 bridgehead atoms. The molecule has 0 aromatic heterocycles. The van der Waals surface area contributed by atoms with Crippen LogP contribution < -0.4 is 5.32 Å². The molecular weight excluding hydrogens is 323 g/mol. The van der Waals surface area contributed by atoms with Gasteiger partial charge in [0.15, 0.2) is 0 Å². The summed E-state index contributed by atoms with van der Waals surface area (Å²) in [7, 11) is 0. The minimum Gasteiger partial charge on any atom is -0.481 e. The van der Waals surface area contributed by atoms with Crippen LogP contribution in [0.3, 0.4) is 0 Å². The van der Waals surface area contributed by atoms with Crippen molar-refractivity contribution in [3.63, 3.8) is 0 Å². The molecule has 1 saturated carbocycles. The molecule has 7 heteroatoms. The van der Waals surface area contributed by atoms with Crippen molar-refractivity contribution in [3.8, 4) is 0 Å². The van der Waals surface area contributed by atoms with Gasteiger partial charge in [-0.3, -0.25) is 9.59 Å². The van der Waals surface area contributed by atoms with Crippen molar-refractivity contribution in [2.75, 3.05) is 0 Å². The molecule has 0 aliphatic heterocycles. The third kappa shape index (κ3) is 4.72. The first-order valence-electron chi connectivity index (χ1n) is 7.86. The average Bonchev–Trinajstić information content (AvgIpc) is 2.95. The Morgan fingerprint density at radius 3 is 2.62 bits per heavy atom. The van der Waals surface area contributed by atoms with Gasteiger partial charge in [-0.2, -0.15) is 13.2 Å². The lowest BCUT2D eigenvalue weighted by Gasteiger charge is -2.17. The molecule has 1 aliphatic carbocycles.